The molecule has 1 aromatic carbocycles. The fourth-order valence-electron chi connectivity index (χ4n) is 2.46. The first-order chi connectivity index (χ1) is 8.44. The summed E-state index contributed by atoms with van der Waals surface area (Å²) in [5.74, 6) is 0.00389. The van der Waals surface area contributed by atoms with Crippen molar-refractivity contribution in [3.8, 4) is 0 Å². The molecule has 2 rings (SSSR count). The lowest BCUT2D eigenvalue weighted by Crippen LogP contribution is -2.42. The van der Waals surface area contributed by atoms with Crippen molar-refractivity contribution in [2.75, 3.05) is 12.8 Å². The van der Waals surface area contributed by atoms with Gasteiger partial charge in [0.2, 0.25) is 0 Å². The van der Waals surface area contributed by atoms with Crippen LogP contribution in [0.15, 0.2) is 29.2 Å². The Hall–Kier alpha value is -1.00. The molecule has 1 N–H and O–H groups in total. The highest BCUT2D eigenvalue weighted by atomic mass is 32.2. The van der Waals surface area contributed by atoms with Crippen LogP contribution in [-0.2, 0) is 0 Å². The van der Waals surface area contributed by atoms with Gasteiger partial charge in [0, 0.05) is 22.5 Å². The molecule has 18 heavy (non-hydrogen) atoms. The summed E-state index contributed by atoms with van der Waals surface area (Å²) in [7, 11) is 0. The van der Waals surface area contributed by atoms with Gasteiger partial charge in [-0.05, 0) is 50.8 Å². The van der Waals surface area contributed by atoms with E-state index >= 15 is 0 Å². The summed E-state index contributed by atoms with van der Waals surface area (Å²) in [6.07, 6.45) is 2.24. The molecule has 0 saturated carbocycles. The van der Waals surface area contributed by atoms with Gasteiger partial charge in [-0.15, -0.1) is 11.8 Å². The Morgan fingerprint density at radius 3 is 2.44 bits per heavy atom. The monoisotopic (exact) mass is 265 g/mol. The topological polar surface area (TPSA) is 40.5 Å². The average molecular weight is 265 g/mol. The number of amides is 1. The molecule has 1 atom stereocenters. The zero-order valence-electron chi connectivity index (χ0n) is 11.0. The van der Waals surface area contributed by atoms with Crippen LogP contribution in [0.25, 0.3) is 0 Å². The maximum atomic E-state index is 12.4. The molecule has 1 fully saturated rings. The lowest BCUT2D eigenvalue weighted by atomic mass is 10.0. The molecule has 1 unspecified atom stereocenters. The van der Waals surface area contributed by atoms with Crippen LogP contribution in [0.3, 0.4) is 0 Å². The number of aliphatic hydroxyl groups is 1. The first-order valence-corrected chi connectivity index (χ1v) is 7.30. The second-order valence-electron chi connectivity index (χ2n) is 5.31. The summed E-state index contributed by atoms with van der Waals surface area (Å²) in [4.78, 5) is 15.3. The third-order valence-corrected chi connectivity index (χ3v) is 4.18. The Labute approximate surface area is 112 Å². The minimum Gasteiger partial charge on any atom is -0.391 e. The van der Waals surface area contributed by atoms with Gasteiger partial charge in [0.05, 0.1) is 6.10 Å². The normalized spacial score (nSPS) is 22.2. The smallest absolute Gasteiger partial charge is 0.254 e. The molecule has 1 aliphatic rings. The highest BCUT2D eigenvalue weighted by Gasteiger charge is 2.40. The third-order valence-electron chi connectivity index (χ3n) is 3.44. The molecule has 1 amide bonds. The van der Waals surface area contributed by atoms with E-state index < -0.39 is 6.10 Å². The summed E-state index contributed by atoms with van der Waals surface area (Å²) in [6.45, 7) is 4.42. The van der Waals surface area contributed by atoms with Gasteiger partial charge < -0.3 is 10.0 Å². The molecule has 4 heteroatoms. The summed E-state index contributed by atoms with van der Waals surface area (Å²) >= 11 is 1.66. The van der Waals surface area contributed by atoms with Crippen LogP contribution in [0, 0.1) is 0 Å². The number of rotatable bonds is 2. The van der Waals surface area contributed by atoms with Crippen LogP contribution < -0.4 is 0 Å². The fourth-order valence-corrected chi connectivity index (χ4v) is 2.86. The number of carbonyl (C=O) groups excluding carboxylic acids is 1. The van der Waals surface area contributed by atoms with E-state index in [2.05, 4.69) is 0 Å². The molecule has 0 radical (unpaired) electrons. The Balaban J connectivity index is 2.20. The molecule has 1 heterocycles. The van der Waals surface area contributed by atoms with E-state index in [1.54, 1.807) is 16.7 Å². The SMILES string of the molecule is CSc1ccc(C(=O)N2CC(O)CC2(C)C)cc1. The first-order valence-electron chi connectivity index (χ1n) is 6.08. The van der Waals surface area contributed by atoms with Crippen LogP contribution in [0.1, 0.15) is 30.6 Å². The molecule has 3 nitrogen and oxygen atoms in total. The van der Waals surface area contributed by atoms with Gasteiger partial charge in [0.15, 0.2) is 0 Å². The lowest BCUT2D eigenvalue weighted by Gasteiger charge is -2.31. The molecule has 0 aromatic heterocycles. The van der Waals surface area contributed by atoms with Crippen molar-refractivity contribution in [3.63, 3.8) is 0 Å². The van der Waals surface area contributed by atoms with Gasteiger partial charge in [-0.1, -0.05) is 0 Å². The molecule has 0 bridgehead atoms. The Bertz CT molecular complexity index is 442. The summed E-state index contributed by atoms with van der Waals surface area (Å²) in [6, 6.07) is 7.62. The maximum Gasteiger partial charge on any atom is 0.254 e. The Morgan fingerprint density at radius 2 is 2.00 bits per heavy atom. The van der Waals surface area contributed by atoms with Crippen molar-refractivity contribution in [1.82, 2.24) is 4.90 Å². The number of thioether (sulfide) groups is 1. The van der Waals surface area contributed by atoms with Crippen molar-refractivity contribution < 1.29 is 9.90 Å². The van der Waals surface area contributed by atoms with Gasteiger partial charge in [0.1, 0.15) is 0 Å². The molecular weight excluding hydrogens is 246 g/mol. The van der Waals surface area contributed by atoms with E-state index in [0.29, 0.717) is 18.5 Å². The lowest BCUT2D eigenvalue weighted by molar-refractivity contribution is 0.0641. The highest BCUT2D eigenvalue weighted by Crippen LogP contribution is 2.30. The van der Waals surface area contributed by atoms with E-state index in [0.717, 1.165) is 4.90 Å². The zero-order valence-corrected chi connectivity index (χ0v) is 11.8. The number of benzene rings is 1. The van der Waals surface area contributed by atoms with Crippen LogP contribution in [0.4, 0.5) is 0 Å². The minimum absolute atomic E-state index is 0.00389. The fraction of sp³-hybridized carbons (Fsp3) is 0.500. The highest BCUT2D eigenvalue weighted by molar-refractivity contribution is 7.98. The molecular formula is C14H19NO2S. The van der Waals surface area contributed by atoms with Crippen molar-refractivity contribution >= 4 is 17.7 Å². The van der Waals surface area contributed by atoms with E-state index in [4.69, 9.17) is 0 Å². The molecule has 1 aliphatic heterocycles. The second-order valence-corrected chi connectivity index (χ2v) is 6.19. The third kappa shape index (κ3) is 2.54. The van der Waals surface area contributed by atoms with Gasteiger partial charge in [-0.2, -0.15) is 0 Å². The Morgan fingerprint density at radius 1 is 1.39 bits per heavy atom. The number of carbonyl (C=O) groups is 1. The average Bonchev–Trinajstić information content (AvgIpc) is 2.61. The number of aliphatic hydroxyl groups excluding tert-OH is 1. The van der Waals surface area contributed by atoms with Gasteiger partial charge >= 0.3 is 0 Å². The van der Waals surface area contributed by atoms with Crippen molar-refractivity contribution in [2.24, 2.45) is 0 Å². The molecule has 0 aliphatic carbocycles. The predicted octanol–water partition coefficient (Wildman–Crippen LogP) is 2.39. The molecule has 1 aromatic rings. The summed E-state index contributed by atoms with van der Waals surface area (Å²) in [5.41, 5.74) is 0.421. The van der Waals surface area contributed by atoms with E-state index in [1.807, 2.05) is 44.4 Å². The van der Waals surface area contributed by atoms with Gasteiger partial charge in [-0.3, -0.25) is 4.79 Å². The zero-order chi connectivity index (χ0) is 13.3. The van der Waals surface area contributed by atoms with Crippen molar-refractivity contribution in [3.05, 3.63) is 29.8 Å². The number of β-amino-alcohol motifs (C(OH)–C–C–N with tert-alkyl or cyclic N) is 1. The minimum atomic E-state index is -0.408. The van der Waals surface area contributed by atoms with Crippen LogP contribution in [-0.4, -0.2) is 40.4 Å². The number of hydrogen-bond donors (Lipinski definition) is 1. The van der Waals surface area contributed by atoms with E-state index in [1.165, 1.54) is 0 Å². The largest absolute Gasteiger partial charge is 0.391 e. The summed E-state index contributed by atoms with van der Waals surface area (Å²) < 4.78 is 0. The maximum absolute atomic E-state index is 12.4. The number of hydrogen-bond acceptors (Lipinski definition) is 3. The predicted molar refractivity (Wildman–Crippen MR) is 74.0 cm³/mol. The van der Waals surface area contributed by atoms with Gasteiger partial charge in [-0.25, -0.2) is 0 Å². The Kier molecular flexibility index (Phi) is 3.69. The van der Waals surface area contributed by atoms with Crippen molar-refractivity contribution in [1.29, 1.82) is 0 Å². The van der Waals surface area contributed by atoms with E-state index in [-0.39, 0.29) is 11.4 Å². The quantitative estimate of drug-likeness (QED) is 0.835. The van der Waals surface area contributed by atoms with Crippen LogP contribution in [0.5, 0.6) is 0 Å². The van der Waals surface area contributed by atoms with Crippen molar-refractivity contribution in [2.45, 2.75) is 36.8 Å². The van der Waals surface area contributed by atoms with E-state index in [9.17, 15) is 9.90 Å². The van der Waals surface area contributed by atoms with Gasteiger partial charge in [0.25, 0.3) is 5.91 Å². The summed E-state index contributed by atoms with van der Waals surface area (Å²) in [5, 5.41) is 9.72. The molecule has 98 valence electrons. The van der Waals surface area contributed by atoms with Crippen LogP contribution >= 0.6 is 11.8 Å². The standard InChI is InChI=1S/C14H19NO2S/c1-14(2)8-11(16)9-15(14)13(17)10-4-6-12(18-3)7-5-10/h4-7,11,16H,8-9H2,1-3H3. The first kappa shape index (κ1) is 13.4. The number of likely N-dealkylation sites (tertiary alicyclic amines) is 1. The number of nitrogens with zero attached hydrogens (tertiary/aromatic N) is 1. The molecule has 0 spiro atoms. The molecule has 1 saturated heterocycles. The van der Waals surface area contributed by atoms with Crippen LogP contribution in [0.2, 0.25) is 0 Å². The second kappa shape index (κ2) is 4.94.